The Morgan fingerprint density at radius 1 is 1.50 bits per heavy atom. The highest BCUT2D eigenvalue weighted by molar-refractivity contribution is 7.10. The van der Waals surface area contributed by atoms with E-state index in [0.717, 1.165) is 0 Å². The average Bonchev–Trinajstić information content (AvgIpc) is 2.53. The van der Waals surface area contributed by atoms with Gasteiger partial charge in [-0.05, 0) is 44.8 Å². The number of hydrogen-bond donors (Lipinski definition) is 1. The Morgan fingerprint density at radius 3 is 2.50 bits per heavy atom. The summed E-state index contributed by atoms with van der Waals surface area (Å²) >= 11 is 1.81. The van der Waals surface area contributed by atoms with Crippen LogP contribution in [0.5, 0.6) is 0 Å². The molecule has 3 heteroatoms. The van der Waals surface area contributed by atoms with Crippen molar-refractivity contribution in [2.45, 2.75) is 32.9 Å². The standard InChI is InChI=1S/C11H20N2S/c1-8(2)13(4)10(7-12)11-9(3)5-6-14-11/h5-6,8,10H,7,12H2,1-4H3. The maximum atomic E-state index is 5.84. The second-order valence-electron chi connectivity index (χ2n) is 3.98. The zero-order valence-corrected chi connectivity index (χ0v) is 10.3. The van der Waals surface area contributed by atoms with Crippen molar-refractivity contribution in [3.63, 3.8) is 0 Å². The van der Waals surface area contributed by atoms with Gasteiger partial charge in [0.1, 0.15) is 0 Å². The van der Waals surface area contributed by atoms with Crippen LogP contribution in [0.4, 0.5) is 0 Å². The first-order chi connectivity index (χ1) is 6.57. The van der Waals surface area contributed by atoms with Crippen molar-refractivity contribution in [1.29, 1.82) is 0 Å². The third kappa shape index (κ3) is 2.35. The SMILES string of the molecule is Cc1ccsc1C(CN)N(C)C(C)C. The smallest absolute Gasteiger partial charge is 0.0566 e. The van der Waals surface area contributed by atoms with Gasteiger partial charge in [-0.3, -0.25) is 4.90 Å². The molecule has 1 unspecified atom stereocenters. The summed E-state index contributed by atoms with van der Waals surface area (Å²) in [6.45, 7) is 7.25. The molecule has 14 heavy (non-hydrogen) atoms. The van der Waals surface area contributed by atoms with Crippen molar-refractivity contribution in [2.24, 2.45) is 5.73 Å². The molecule has 0 aliphatic heterocycles. The number of thiophene rings is 1. The lowest BCUT2D eigenvalue weighted by atomic mass is 10.1. The lowest BCUT2D eigenvalue weighted by Crippen LogP contribution is -2.35. The lowest BCUT2D eigenvalue weighted by molar-refractivity contribution is 0.203. The quantitative estimate of drug-likeness (QED) is 0.830. The predicted octanol–water partition coefficient (Wildman–Crippen LogP) is 2.40. The van der Waals surface area contributed by atoms with Crippen LogP contribution < -0.4 is 5.73 Å². The van der Waals surface area contributed by atoms with E-state index in [-0.39, 0.29) is 0 Å². The van der Waals surface area contributed by atoms with Crippen molar-refractivity contribution < 1.29 is 0 Å². The third-order valence-electron chi connectivity index (χ3n) is 2.73. The summed E-state index contributed by atoms with van der Waals surface area (Å²) in [4.78, 5) is 3.74. The molecule has 0 aromatic carbocycles. The van der Waals surface area contributed by atoms with Crippen LogP contribution >= 0.6 is 11.3 Å². The Hall–Kier alpha value is -0.380. The minimum absolute atomic E-state index is 0.370. The summed E-state index contributed by atoms with van der Waals surface area (Å²) in [5.74, 6) is 0. The molecule has 0 saturated heterocycles. The Morgan fingerprint density at radius 2 is 2.14 bits per heavy atom. The number of likely N-dealkylation sites (N-methyl/N-ethyl adjacent to an activating group) is 1. The van der Waals surface area contributed by atoms with Gasteiger partial charge in [0.25, 0.3) is 0 Å². The molecule has 2 N–H and O–H groups in total. The Balaban J connectivity index is 2.87. The molecule has 1 aromatic heterocycles. The zero-order valence-electron chi connectivity index (χ0n) is 9.45. The van der Waals surface area contributed by atoms with E-state index >= 15 is 0 Å². The molecule has 0 radical (unpaired) electrons. The molecule has 0 aliphatic carbocycles. The molecule has 80 valence electrons. The second-order valence-corrected chi connectivity index (χ2v) is 4.93. The highest BCUT2D eigenvalue weighted by Crippen LogP contribution is 2.28. The van der Waals surface area contributed by atoms with Crippen LogP contribution in [0.2, 0.25) is 0 Å². The van der Waals surface area contributed by atoms with Crippen molar-refractivity contribution >= 4 is 11.3 Å². The van der Waals surface area contributed by atoms with Crippen LogP contribution in [-0.2, 0) is 0 Å². The summed E-state index contributed by atoms with van der Waals surface area (Å²) < 4.78 is 0. The van der Waals surface area contributed by atoms with Crippen LogP contribution in [0.15, 0.2) is 11.4 Å². The van der Waals surface area contributed by atoms with Crippen LogP contribution in [0.1, 0.15) is 30.3 Å². The lowest BCUT2D eigenvalue weighted by Gasteiger charge is -2.30. The van der Waals surface area contributed by atoms with E-state index in [1.807, 2.05) is 0 Å². The fourth-order valence-electron chi connectivity index (χ4n) is 1.54. The summed E-state index contributed by atoms with van der Waals surface area (Å²) in [7, 11) is 2.14. The molecule has 1 rings (SSSR count). The first kappa shape index (κ1) is 11.7. The van der Waals surface area contributed by atoms with Crippen molar-refractivity contribution in [2.75, 3.05) is 13.6 Å². The molecule has 1 heterocycles. The average molecular weight is 212 g/mol. The highest BCUT2D eigenvalue weighted by atomic mass is 32.1. The van der Waals surface area contributed by atoms with Gasteiger partial charge in [0.05, 0.1) is 6.04 Å². The molecule has 1 atom stereocenters. The Labute approximate surface area is 90.7 Å². The highest BCUT2D eigenvalue weighted by Gasteiger charge is 2.20. The van der Waals surface area contributed by atoms with Gasteiger partial charge in [-0.1, -0.05) is 0 Å². The second kappa shape index (κ2) is 4.91. The largest absolute Gasteiger partial charge is 0.329 e. The molecule has 0 amide bonds. The van der Waals surface area contributed by atoms with E-state index in [2.05, 4.69) is 44.2 Å². The minimum Gasteiger partial charge on any atom is -0.329 e. The van der Waals surface area contributed by atoms with Gasteiger partial charge in [0.2, 0.25) is 0 Å². The number of nitrogens with zero attached hydrogens (tertiary/aromatic N) is 1. The van der Waals surface area contributed by atoms with E-state index in [9.17, 15) is 0 Å². The summed E-state index contributed by atoms with van der Waals surface area (Å²) in [5.41, 5.74) is 7.20. The van der Waals surface area contributed by atoms with Gasteiger partial charge in [-0.2, -0.15) is 0 Å². The van der Waals surface area contributed by atoms with Crippen molar-refractivity contribution in [3.8, 4) is 0 Å². The normalized spacial score (nSPS) is 13.9. The van der Waals surface area contributed by atoms with Gasteiger partial charge in [-0.25, -0.2) is 0 Å². The monoisotopic (exact) mass is 212 g/mol. The molecule has 0 bridgehead atoms. The third-order valence-corrected chi connectivity index (χ3v) is 3.85. The van der Waals surface area contributed by atoms with Crippen LogP contribution in [0.3, 0.4) is 0 Å². The van der Waals surface area contributed by atoms with Gasteiger partial charge < -0.3 is 5.73 Å². The van der Waals surface area contributed by atoms with E-state index in [0.29, 0.717) is 18.6 Å². The molecule has 2 nitrogen and oxygen atoms in total. The van der Waals surface area contributed by atoms with Gasteiger partial charge in [0, 0.05) is 17.5 Å². The zero-order chi connectivity index (χ0) is 10.7. The summed E-state index contributed by atoms with van der Waals surface area (Å²) in [6.07, 6.45) is 0. The fourth-order valence-corrected chi connectivity index (χ4v) is 2.64. The molecule has 0 aliphatic rings. The number of nitrogens with two attached hydrogens (primary N) is 1. The van der Waals surface area contributed by atoms with E-state index in [4.69, 9.17) is 5.73 Å². The first-order valence-electron chi connectivity index (χ1n) is 5.04. The van der Waals surface area contributed by atoms with Gasteiger partial charge >= 0.3 is 0 Å². The van der Waals surface area contributed by atoms with Crippen LogP contribution in [0.25, 0.3) is 0 Å². The predicted molar refractivity (Wildman–Crippen MR) is 63.8 cm³/mol. The Bertz CT molecular complexity index is 281. The molecule has 0 fully saturated rings. The van der Waals surface area contributed by atoms with Crippen molar-refractivity contribution in [1.82, 2.24) is 4.90 Å². The first-order valence-corrected chi connectivity index (χ1v) is 5.91. The van der Waals surface area contributed by atoms with E-state index in [1.165, 1.54) is 10.4 Å². The van der Waals surface area contributed by atoms with Crippen LogP contribution in [0, 0.1) is 6.92 Å². The minimum atomic E-state index is 0.370. The van der Waals surface area contributed by atoms with Crippen LogP contribution in [-0.4, -0.2) is 24.5 Å². The van der Waals surface area contributed by atoms with Gasteiger partial charge in [0.15, 0.2) is 0 Å². The fraction of sp³-hybridized carbons (Fsp3) is 0.636. The maximum absolute atomic E-state index is 5.84. The molecule has 1 aromatic rings. The summed E-state index contributed by atoms with van der Waals surface area (Å²) in [5, 5.41) is 2.14. The maximum Gasteiger partial charge on any atom is 0.0566 e. The Kier molecular flexibility index (Phi) is 4.11. The van der Waals surface area contributed by atoms with E-state index in [1.54, 1.807) is 11.3 Å². The van der Waals surface area contributed by atoms with Crippen molar-refractivity contribution in [3.05, 3.63) is 21.9 Å². The number of aryl methyl sites for hydroxylation is 1. The molecule has 0 saturated carbocycles. The molecule has 0 spiro atoms. The number of hydrogen-bond acceptors (Lipinski definition) is 3. The molecular formula is C11H20N2S. The topological polar surface area (TPSA) is 29.3 Å². The van der Waals surface area contributed by atoms with Gasteiger partial charge in [-0.15, -0.1) is 11.3 Å². The molecular weight excluding hydrogens is 192 g/mol. The number of rotatable bonds is 4. The van der Waals surface area contributed by atoms with E-state index < -0.39 is 0 Å². The summed E-state index contributed by atoms with van der Waals surface area (Å²) in [6, 6.07) is 3.07.